The molecule has 1 N–H and O–H groups in total. The van der Waals surface area contributed by atoms with E-state index in [4.69, 9.17) is 34.8 Å². The lowest BCUT2D eigenvalue weighted by Gasteiger charge is -2.25. The number of hydrogen-bond acceptors (Lipinski definition) is 3. The zero-order chi connectivity index (χ0) is 21.4. The molecule has 0 saturated carbocycles. The number of nitrogens with zero attached hydrogens (tertiary/aromatic N) is 1. The van der Waals surface area contributed by atoms with E-state index in [9.17, 15) is 14.7 Å². The highest BCUT2D eigenvalue weighted by Gasteiger charge is 2.47. The monoisotopic (exact) mass is 457 g/mol. The maximum absolute atomic E-state index is 13.0. The van der Waals surface area contributed by atoms with Crippen LogP contribution in [0.3, 0.4) is 0 Å². The molecule has 4 nitrogen and oxygen atoms in total. The molecule has 1 fully saturated rings. The van der Waals surface area contributed by atoms with E-state index in [0.29, 0.717) is 21.3 Å². The van der Waals surface area contributed by atoms with Crippen LogP contribution in [0.5, 0.6) is 0 Å². The molecule has 1 saturated heterocycles. The Balaban J connectivity index is 1.98. The zero-order valence-electron chi connectivity index (χ0n) is 15.4. The van der Waals surface area contributed by atoms with E-state index < -0.39 is 17.7 Å². The Bertz CT molecular complexity index is 1190. The molecule has 1 aliphatic heterocycles. The van der Waals surface area contributed by atoms with E-state index in [2.05, 4.69) is 0 Å². The maximum Gasteiger partial charge on any atom is 0.300 e. The van der Waals surface area contributed by atoms with Gasteiger partial charge in [0, 0.05) is 21.3 Å². The fourth-order valence-electron chi connectivity index (χ4n) is 3.48. The van der Waals surface area contributed by atoms with Crippen molar-refractivity contribution in [3.63, 3.8) is 0 Å². The maximum atomic E-state index is 13.0. The summed E-state index contributed by atoms with van der Waals surface area (Å²) in [4.78, 5) is 27.4. The molecule has 3 aromatic rings. The molecule has 3 aromatic carbocycles. The molecule has 7 heteroatoms. The van der Waals surface area contributed by atoms with Crippen LogP contribution in [-0.2, 0) is 9.59 Å². The predicted molar refractivity (Wildman–Crippen MR) is 119 cm³/mol. The quantitative estimate of drug-likeness (QED) is 0.286. The van der Waals surface area contributed by atoms with Crippen molar-refractivity contribution < 1.29 is 14.7 Å². The van der Waals surface area contributed by atoms with Crippen molar-refractivity contribution in [1.82, 2.24) is 0 Å². The number of rotatable bonds is 3. The van der Waals surface area contributed by atoms with Gasteiger partial charge in [-0.1, -0.05) is 65.1 Å². The molecule has 1 heterocycles. The first-order valence-corrected chi connectivity index (χ1v) is 10.1. The Morgan fingerprint density at radius 1 is 0.833 bits per heavy atom. The van der Waals surface area contributed by atoms with Gasteiger partial charge in [-0.15, -0.1) is 0 Å². The van der Waals surface area contributed by atoms with Gasteiger partial charge in [0.25, 0.3) is 11.7 Å². The SMILES string of the molecule is O=C1C(=O)N(c2cccc(Cl)c2)C(c2ccc(Cl)cc2)C1=C(O)c1ccccc1Cl. The smallest absolute Gasteiger partial charge is 0.300 e. The summed E-state index contributed by atoms with van der Waals surface area (Å²) < 4.78 is 0. The van der Waals surface area contributed by atoms with Crippen LogP contribution >= 0.6 is 34.8 Å². The number of carbonyl (C=O) groups excluding carboxylic acids is 2. The fourth-order valence-corrected chi connectivity index (χ4v) is 4.02. The number of carbonyl (C=O) groups is 2. The minimum absolute atomic E-state index is 0.0598. The lowest BCUT2D eigenvalue weighted by Crippen LogP contribution is -2.29. The summed E-state index contributed by atoms with van der Waals surface area (Å²) >= 11 is 18.4. The Morgan fingerprint density at radius 3 is 2.20 bits per heavy atom. The first kappa shape index (κ1) is 20.5. The summed E-state index contributed by atoms with van der Waals surface area (Å²) in [6, 6.07) is 19.0. The fraction of sp³-hybridized carbons (Fsp3) is 0.0435. The van der Waals surface area contributed by atoms with Crippen LogP contribution in [0.1, 0.15) is 17.2 Å². The Labute approximate surface area is 187 Å². The second-order valence-electron chi connectivity index (χ2n) is 6.68. The molecule has 4 rings (SSSR count). The molecule has 1 atom stereocenters. The van der Waals surface area contributed by atoms with Gasteiger partial charge >= 0.3 is 0 Å². The Kier molecular flexibility index (Phi) is 5.56. The van der Waals surface area contributed by atoms with E-state index in [-0.39, 0.29) is 21.9 Å². The minimum Gasteiger partial charge on any atom is -0.507 e. The van der Waals surface area contributed by atoms with Crippen LogP contribution in [-0.4, -0.2) is 16.8 Å². The van der Waals surface area contributed by atoms with E-state index in [1.54, 1.807) is 72.8 Å². The van der Waals surface area contributed by atoms with Crippen molar-refractivity contribution >= 4 is 57.9 Å². The van der Waals surface area contributed by atoms with E-state index >= 15 is 0 Å². The van der Waals surface area contributed by atoms with Crippen molar-refractivity contribution in [1.29, 1.82) is 0 Å². The van der Waals surface area contributed by atoms with Crippen molar-refractivity contribution in [3.8, 4) is 0 Å². The summed E-state index contributed by atoms with van der Waals surface area (Å²) in [7, 11) is 0. The second kappa shape index (κ2) is 8.15. The summed E-state index contributed by atoms with van der Waals surface area (Å²) in [5, 5.41) is 12.2. The van der Waals surface area contributed by atoms with Gasteiger partial charge in [-0.3, -0.25) is 14.5 Å². The van der Waals surface area contributed by atoms with Gasteiger partial charge in [0.05, 0.1) is 16.6 Å². The molecule has 0 radical (unpaired) electrons. The van der Waals surface area contributed by atoms with Gasteiger partial charge < -0.3 is 5.11 Å². The molecule has 1 unspecified atom stereocenters. The van der Waals surface area contributed by atoms with Crippen LogP contribution in [0.2, 0.25) is 15.1 Å². The molecule has 30 heavy (non-hydrogen) atoms. The summed E-state index contributed by atoms with van der Waals surface area (Å²) in [6.45, 7) is 0. The average Bonchev–Trinajstić information content (AvgIpc) is 2.99. The summed E-state index contributed by atoms with van der Waals surface area (Å²) in [6.07, 6.45) is 0. The first-order chi connectivity index (χ1) is 14.4. The minimum atomic E-state index is -0.878. The van der Waals surface area contributed by atoms with Crippen LogP contribution in [0, 0.1) is 0 Å². The third-order valence-corrected chi connectivity index (χ3v) is 5.66. The van der Waals surface area contributed by atoms with Crippen LogP contribution in [0.4, 0.5) is 5.69 Å². The molecular weight excluding hydrogens is 445 g/mol. The number of aliphatic hydroxyl groups is 1. The van der Waals surface area contributed by atoms with E-state index in [1.165, 1.54) is 4.90 Å². The van der Waals surface area contributed by atoms with Gasteiger partial charge in [0.15, 0.2) is 0 Å². The second-order valence-corrected chi connectivity index (χ2v) is 7.96. The lowest BCUT2D eigenvalue weighted by molar-refractivity contribution is -0.132. The molecular formula is C23H14Cl3NO3. The number of amides is 1. The highest BCUT2D eigenvalue weighted by Crippen LogP contribution is 2.43. The third-order valence-electron chi connectivity index (χ3n) is 4.85. The molecule has 0 bridgehead atoms. The van der Waals surface area contributed by atoms with Gasteiger partial charge in [-0.2, -0.15) is 0 Å². The number of Topliss-reactive ketones (excluding diaryl/α,β-unsaturated/α-hetero) is 1. The number of ketones is 1. The van der Waals surface area contributed by atoms with E-state index in [1.807, 2.05) is 0 Å². The topological polar surface area (TPSA) is 57.6 Å². The molecule has 0 aliphatic carbocycles. The van der Waals surface area contributed by atoms with Crippen LogP contribution in [0.25, 0.3) is 5.76 Å². The number of anilines is 1. The zero-order valence-corrected chi connectivity index (χ0v) is 17.6. The largest absolute Gasteiger partial charge is 0.507 e. The lowest BCUT2D eigenvalue weighted by atomic mass is 9.95. The number of benzene rings is 3. The highest BCUT2D eigenvalue weighted by atomic mass is 35.5. The Hall–Kier alpha value is -2.79. The molecule has 1 amide bonds. The van der Waals surface area contributed by atoms with Crippen molar-refractivity contribution in [2.24, 2.45) is 0 Å². The normalized spacial score (nSPS) is 18.1. The number of hydrogen-bond donors (Lipinski definition) is 1. The molecule has 0 aromatic heterocycles. The summed E-state index contributed by atoms with van der Waals surface area (Å²) in [5.41, 5.74) is 1.24. The average molecular weight is 459 g/mol. The number of halogens is 3. The summed E-state index contributed by atoms with van der Waals surface area (Å²) in [5.74, 6) is -1.93. The predicted octanol–water partition coefficient (Wildman–Crippen LogP) is 6.27. The molecule has 0 spiro atoms. The van der Waals surface area contributed by atoms with Crippen molar-refractivity contribution in [2.45, 2.75) is 6.04 Å². The Morgan fingerprint density at radius 2 is 1.53 bits per heavy atom. The van der Waals surface area contributed by atoms with Gasteiger partial charge in [0.1, 0.15) is 5.76 Å². The highest BCUT2D eigenvalue weighted by molar-refractivity contribution is 6.52. The van der Waals surface area contributed by atoms with E-state index in [0.717, 1.165) is 0 Å². The van der Waals surface area contributed by atoms with Gasteiger partial charge in [-0.05, 0) is 48.0 Å². The molecule has 1 aliphatic rings. The van der Waals surface area contributed by atoms with Gasteiger partial charge in [-0.25, -0.2) is 0 Å². The molecule has 150 valence electrons. The number of aliphatic hydroxyl groups excluding tert-OH is 1. The van der Waals surface area contributed by atoms with Crippen LogP contribution in [0.15, 0.2) is 78.4 Å². The van der Waals surface area contributed by atoms with Crippen molar-refractivity contribution in [2.75, 3.05) is 4.90 Å². The van der Waals surface area contributed by atoms with Crippen LogP contribution < -0.4 is 4.90 Å². The third kappa shape index (κ3) is 3.58. The standard InChI is InChI=1S/C23H14Cl3NO3/c24-14-10-8-13(9-11-14)20-19(21(28)17-6-1-2-7-18(17)26)22(29)23(30)27(20)16-5-3-4-15(25)12-16/h1-12,20,28H. The van der Waals surface area contributed by atoms with Gasteiger partial charge in [0.2, 0.25) is 0 Å². The first-order valence-electron chi connectivity index (χ1n) is 8.95. The van der Waals surface area contributed by atoms with Crippen molar-refractivity contribution in [3.05, 3.63) is 105 Å².